The maximum atomic E-state index is 13.0. The lowest BCUT2D eigenvalue weighted by molar-refractivity contribution is -0.116. The van der Waals surface area contributed by atoms with Crippen molar-refractivity contribution < 1.29 is 4.79 Å². The highest BCUT2D eigenvalue weighted by molar-refractivity contribution is 7.08. The number of nitrogens with one attached hydrogen (secondary N) is 1. The lowest BCUT2D eigenvalue weighted by atomic mass is 9.76. The zero-order valence-corrected chi connectivity index (χ0v) is 16.9. The van der Waals surface area contributed by atoms with E-state index in [-0.39, 0.29) is 5.78 Å². The molecule has 1 aliphatic carbocycles. The highest BCUT2D eigenvalue weighted by Gasteiger charge is 2.41. The largest absolute Gasteiger partial charge is 0.384 e. The van der Waals surface area contributed by atoms with Gasteiger partial charge in [0.15, 0.2) is 11.6 Å². The number of thiophene rings is 1. The average molecular weight is 414 g/mol. The Morgan fingerprint density at radius 2 is 2.07 bits per heavy atom. The molecule has 3 heterocycles. The number of benzene rings is 1. The number of ketones is 1. The number of hydrogen-bond donors (Lipinski definition) is 2. The molecular formula is C23H19N5OS. The molecule has 2 aromatic heterocycles. The number of carbonyl (C=O) groups is 1. The molecule has 0 bridgehead atoms. The van der Waals surface area contributed by atoms with Crippen LogP contribution in [0.5, 0.6) is 0 Å². The van der Waals surface area contributed by atoms with Gasteiger partial charge in [0.1, 0.15) is 5.82 Å². The van der Waals surface area contributed by atoms with Crippen LogP contribution in [0.4, 0.5) is 5.82 Å². The number of rotatable bonds is 3. The second kappa shape index (κ2) is 7.32. The van der Waals surface area contributed by atoms with E-state index in [1.807, 2.05) is 53.2 Å². The molecule has 1 unspecified atom stereocenters. The minimum absolute atomic E-state index is 0.0801. The van der Waals surface area contributed by atoms with Crippen molar-refractivity contribution in [1.82, 2.24) is 10.2 Å². The van der Waals surface area contributed by atoms with E-state index in [9.17, 15) is 10.1 Å². The molecule has 1 atom stereocenters. The molecule has 0 fully saturated rings. The first-order chi connectivity index (χ1) is 14.7. The van der Waals surface area contributed by atoms with E-state index >= 15 is 0 Å². The van der Waals surface area contributed by atoms with Gasteiger partial charge in [-0.25, -0.2) is 0 Å². The van der Waals surface area contributed by atoms with Gasteiger partial charge < -0.3 is 5.73 Å². The summed E-state index contributed by atoms with van der Waals surface area (Å²) < 4.78 is 0. The van der Waals surface area contributed by atoms with E-state index in [0.29, 0.717) is 35.6 Å². The Hall–Kier alpha value is -3.63. The standard InChI is InChI=1S/C23H19N5OS/c24-12-16-21(15-9-10-30-13-15)22-18(7-4-8-19(22)29)28(23(16)25)20-11-17(26-27-20)14-5-2-1-3-6-14/h1-3,5-6,9-11,13,21H,4,7-8,25H2,(H,26,27). The molecule has 3 aromatic rings. The van der Waals surface area contributed by atoms with Crippen LogP contribution in [0.1, 0.15) is 30.7 Å². The summed E-state index contributed by atoms with van der Waals surface area (Å²) in [6, 6.07) is 16.0. The van der Waals surface area contributed by atoms with Gasteiger partial charge in [0.2, 0.25) is 0 Å². The van der Waals surface area contributed by atoms with Crippen LogP contribution in [-0.2, 0) is 4.79 Å². The molecule has 0 spiro atoms. The third-order valence-electron chi connectivity index (χ3n) is 5.67. The third kappa shape index (κ3) is 2.85. The summed E-state index contributed by atoms with van der Waals surface area (Å²) in [6.45, 7) is 0. The molecule has 7 heteroatoms. The predicted molar refractivity (Wildman–Crippen MR) is 116 cm³/mol. The van der Waals surface area contributed by atoms with Gasteiger partial charge in [0.25, 0.3) is 0 Å². The van der Waals surface area contributed by atoms with Gasteiger partial charge >= 0.3 is 0 Å². The summed E-state index contributed by atoms with van der Waals surface area (Å²) in [5.41, 5.74) is 11.3. The fourth-order valence-electron chi connectivity index (χ4n) is 4.31. The Morgan fingerprint density at radius 1 is 1.23 bits per heavy atom. The zero-order chi connectivity index (χ0) is 20.7. The minimum atomic E-state index is -0.409. The molecule has 1 aromatic carbocycles. The predicted octanol–water partition coefficient (Wildman–Crippen LogP) is 4.44. The van der Waals surface area contributed by atoms with E-state index in [1.54, 1.807) is 16.2 Å². The number of hydrogen-bond acceptors (Lipinski definition) is 6. The number of anilines is 1. The number of nitriles is 1. The summed E-state index contributed by atoms with van der Waals surface area (Å²) in [7, 11) is 0. The molecule has 0 saturated heterocycles. The van der Waals surface area contributed by atoms with Crippen LogP contribution in [0.3, 0.4) is 0 Å². The second-order valence-electron chi connectivity index (χ2n) is 7.38. The molecule has 6 nitrogen and oxygen atoms in total. The number of nitrogens with two attached hydrogens (primary N) is 1. The fraction of sp³-hybridized carbons (Fsp3) is 0.174. The van der Waals surface area contributed by atoms with Crippen LogP contribution in [0.15, 0.2) is 75.9 Å². The number of aromatic amines is 1. The zero-order valence-electron chi connectivity index (χ0n) is 16.1. The van der Waals surface area contributed by atoms with Crippen molar-refractivity contribution in [3.63, 3.8) is 0 Å². The number of nitrogens with zero attached hydrogens (tertiary/aromatic N) is 3. The monoisotopic (exact) mass is 413 g/mol. The lowest BCUT2D eigenvalue weighted by Crippen LogP contribution is -2.38. The Morgan fingerprint density at radius 3 is 2.80 bits per heavy atom. The van der Waals surface area contributed by atoms with Gasteiger partial charge in [-0.1, -0.05) is 30.3 Å². The summed E-state index contributed by atoms with van der Waals surface area (Å²) in [5.74, 6) is 0.600. The first-order valence-electron chi connectivity index (χ1n) is 9.78. The molecule has 0 amide bonds. The van der Waals surface area contributed by atoms with Gasteiger partial charge in [-0.2, -0.15) is 21.7 Å². The van der Waals surface area contributed by atoms with Gasteiger partial charge in [-0.15, -0.1) is 0 Å². The molecule has 148 valence electrons. The fourth-order valence-corrected chi connectivity index (χ4v) is 5.00. The van der Waals surface area contributed by atoms with Crippen molar-refractivity contribution in [2.75, 3.05) is 4.90 Å². The molecule has 0 saturated carbocycles. The first kappa shape index (κ1) is 18.4. The maximum absolute atomic E-state index is 13.0. The smallest absolute Gasteiger partial charge is 0.161 e. The van der Waals surface area contributed by atoms with E-state index in [0.717, 1.165) is 28.9 Å². The van der Waals surface area contributed by atoms with Crippen molar-refractivity contribution in [3.05, 3.63) is 81.5 Å². The summed E-state index contributed by atoms with van der Waals surface area (Å²) in [6.07, 6.45) is 1.96. The van der Waals surface area contributed by atoms with Crippen LogP contribution in [-0.4, -0.2) is 16.0 Å². The van der Waals surface area contributed by atoms with Gasteiger partial charge in [0, 0.05) is 23.8 Å². The number of aromatic nitrogens is 2. The highest BCUT2D eigenvalue weighted by atomic mass is 32.1. The van der Waals surface area contributed by atoms with Crippen LogP contribution >= 0.6 is 11.3 Å². The Kier molecular flexibility index (Phi) is 4.49. The van der Waals surface area contributed by atoms with Crippen LogP contribution in [0, 0.1) is 11.3 Å². The highest BCUT2D eigenvalue weighted by Crippen LogP contribution is 2.46. The van der Waals surface area contributed by atoms with E-state index in [2.05, 4.69) is 16.3 Å². The van der Waals surface area contributed by atoms with Crippen LogP contribution < -0.4 is 10.6 Å². The number of allylic oxidation sites excluding steroid dienone is 3. The number of H-pyrrole nitrogens is 1. The Bertz CT molecular complexity index is 1210. The van der Waals surface area contributed by atoms with E-state index < -0.39 is 5.92 Å². The van der Waals surface area contributed by atoms with Gasteiger partial charge in [0.05, 0.1) is 23.3 Å². The van der Waals surface area contributed by atoms with Crippen LogP contribution in [0.2, 0.25) is 0 Å². The van der Waals surface area contributed by atoms with E-state index in [1.165, 1.54) is 0 Å². The van der Waals surface area contributed by atoms with Crippen molar-refractivity contribution in [2.24, 2.45) is 5.73 Å². The lowest BCUT2D eigenvalue weighted by Gasteiger charge is -2.38. The number of carbonyl (C=O) groups excluding carboxylic acids is 1. The second-order valence-corrected chi connectivity index (χ2v) is 8.16. The Labute approximate surface area is 177 Å². The minimum Gasteiger partial charge on any atom is -0.384 e. The quantitative estimate of drug-likeness (QED) is 0.661. The van der Waals surface area contributed by atoms with Crippen molar-refractivity contribution >= 4 is 22.9 Å². The van der Waals surface area contributed by atoms with Crippen LogP contribution in [0.25, 0.3) is 11.3 Å². The normalized spacial score (nSPS) is 19.1. The molecule has 5 rings (SSSR count). The van der Waals surface area contributed by atoms with E-state index in [4.69, 9.17) is 5.73 Å². The summed E-state index contributed by atoms with van der Waals surface area (Å²) in [5, 5.41) is 21.5. The molecule has 0 radical (unpaired) electrons. The summed E-state index contributed by atoms with van der Waals surface area (Å²) >= 11 is 1.55. The summed E-state index contributed by atoms with van der Waals surface area (Å²) in [4.78, 5) is 14.8. The van der Waals surface area contributed by atoms with Crippen molar-refractivity contribution in [1.29, 1.82) is 5.26 Å². The van der Waals surface area contributed by atoms with Gasteiger partial charge in [-0.3, -0.25) is 14.8 Å². The number of Topliss-reactive ketones (excluding diaryl/α,β-unsaturated/α-hetero) is 1. The molecule has 30 heavy (non-hydrogen) atoms. The molecule has 3 N–H and O–H groups in total. The molecule has 2 aliphatic rings. The molecule has 1 aliphatic heterocycles. The van der Waals surface area contributed by atoms with Crippen molar-refractivity contribution in [3.8, 4) is 17.3 Å². The SMILES string of the molecule is N#CC1=C(N)N(c2cc(-c3ccccc3)[nH]n2)C2=C(C(=O)CCC2)C1c1ccsc1. The van der Waals surface area contributed by atoms with Gasteiger partial charge in [-0.05, 0) is 40.8 Å². The Balaban J connectivity index is 1.67. The van der Waals surface area contributed by atoms with Crippen molar-refractivity contribution in [2.45, 2.75) is 25.2 Å². The average Bonchev–Trinajstić information content (AvgIpc) is 3.46. The third-order valence-corrected chi connectivity index (χ3v) is 6.37. The maximum Gasteiger partial charge on any atom is 0.161 e. The molecular weight excluding hydrogens is 394 g/mol. The topological polar surface area (TPSA) is 98.8 Å². The first-order valence-corrected chi connectivity index (χ1v) is 10.7.